The molecule has 0 spiro atoms. The van der Waals surface area contributed by atoms with E-state index in [9.17, 15) is 31.5 Å². The lowest BCUT2D eigenvalue weighted by atomic mass is 10.2. The average Bonchev–Trinajstić information content (AvgIpc) is 3.84. The van der Waals surface area contributed by atoms with Crippen LogP contribution in [-0.4, -0.2) is 92.9 Å². The topological polar surface area (TPSA) is 163 Å². The van der Waals surface area contributed by atoms with Gasteiger partial charge in [-0.3, -0.25) is 4.79 Å². The number of nitrogens with one attached hydrogen (secondary N) is 1. The number of nitrogens with zero attached hydrogens (tertiary/aromatic N) is 6. The maximum Gasteiger partial charge on any atom is 0.417 e. The zero-order valence-corrected chi connectivity index (χ0v) is 24.2. The molecule has 3 N–H and O–H groups in total. The third-order valence-corrected chi connectivity index (χ3v) is 6.86. The molecule has 18 heteroatoms. The monoisotopic (exact) mass is 632 g/mol. The van der Waals surface area contributed by atoms with Gasteiger partial charge in [0.15, 0.2) is 16.9 Å². The fraction of sp³-hybridized carbons (Fsp3) is 0.615. The van der Waals surface area contributed by atoms with Crippen LogP contribution < -0.4 is 11.1 Å². The van der Waals surface area contributed by atoms with E-state index in [2.05, 4.69) is 35.1 Å². The average molecular weight is 633 g/mol. The number of ether oxygens (including phenoxy) is 2. The third kappa shape index (κ3) is 8.16. The number of rotatable bonds is 8. The number of amides is 3. The predicted molar refractivity (Wildman–Crippen MR) is 142 cm³/mol. The zero-order valence-electron chi connectivity index (χ0n) is 24.2. The molecule has 44 heavy (non-hydrogen) atoms. The van der Waals surface area contributed by atoms with E-state index in [4.69, 9.17) is 10.5 Å². The molecule has 3 fully saturated rings. The van der Waals surface area contributed by atoms with Gasteiger partial charge in [0.05, 0.1) is 37.3 Å². The lowest BCUT2D eigenvalue weighted by molar-refractivity contribution is -0.246. The molecule has 3 aromatic heterocycles. The first kappa shape index (κ1) is 33.0. The number of aromatic nitrogens is 5. The number of nitrogens with two attached hydrogens (primary N) is 1. The highest BCUT2D eigenvalue weighted by Crippen LogP contribution is 2.52. The Hall–Kier alpha value is -3.93. The van der Waals surface area contributed by atoms with Gasteiger partial charge in [0.25, 0.3) is 11.8 Å². The number of fused-ring (bicyclic) bond motifs is 1. The molecule has 242 valence electrons. The number of imidazole rings is 1. The molecule has 6 rings (SSSR count). The van der Waals surface area contributed by atoms with Crippen molar-refractivity contribution in [2.45, 2.75) is 75.3 Å². The van der Waals surface area contributed by atoms with Crippen LogP contribution in [0.1, 0.15) is 66.0 Å². The molecule has 0 aromatic carbocycles. The molecule has 3 amide bonds. The van der Waals surface area contributed by atoms with Crippen LogP contribution in [0.4, 0.5) is 26.7 Å². The van der Waals surface area contributed by atoms with Gasteiger partial charge < -0.3 is 25.4 Å². The van der Waals surface area contributed by atoms with Crippen molar-refractivity contribution in [3.05, 3.63) is 41.1 Å². The molecule has 0 bridgehead atoms. The third-order valence-electron chi connectivity index (χ3n) is 6.86. The van der Waals surface area contributed by atoms with Crippen LogP contribution in [0.15, 0.2) is 23.1 Å². The van der Waals surface area contributed by atoms with Gasteiger partial charge in [-0.2, -0.15) is 18.3 Å². The molecule has 3 aromatic rings. The van der Waals surface area contributed by atoms with E-state index in [1.807, 2.05) is 0 Å². The van der Waals surface area contributed by atoms with Gasteiger partial charge in [-0.05, 0) is 49.4 Å². The summed E-state index contributed by atoms with van der Waals surface area (Å²) < 4.78 is 81.5. The Morgan fingerprint density at radius 1 is 1.25 bits per heavy atom. The molecule has 2 saturated carbocycles. The summed E-state index contributed by atoms with van der Waals surface area (Å²) in [6.07, 6.45) is 0.0988. The molecule has 0 radical (unpaired) electrons. The summed E-state index contributed by atoms with van der Waals surface area (Å²) >= 11 is 0. The maximum atomic E-state index is 13.5. The number of methoxy groups -OCH3 is 1. The minimum atomic E-state index is -4.39. The van der Waals surface area contributed by atoms with E-state index in [-0.39, 0.29) is 31.5 Å². The van der Waals surface area contributed by atoms with Crippen LogP contribution in [0.3, 0.4) is 0 Å². The lowest BCUT2D eigenvalue weighted by Crippen LogP contribution is -2.56. The summed E-state index contributed by atoms with van der Waals surface area (Å²) in [6.45, 7) is 0.100. The fourth-order valence-electron chi connectivity index (χ4n) is 4.52. The van der Waals surface area contributed by atoms with Gasteiger partial charge in [-0.1, -0.05) is 5.16 Å². The Bertz CT molecular complexity index is 1450. The first-order valence-electron chi connectivity index (χ1n) is 13.7. The molecule has 1 atom stereocenters. The predicted octanol–water partition coefficient (Wildman–Crippen LogP) is 3.24. The second kappa shape index (κ2) is 13.0. The highest BCUT2D eigenvalue weighted by molar-refractivity contribution is 5.91. The summed E-state index contributed by atoms with van der Waals surface area (Å²) in [6, 6.07) is 1.01. The van der Waals surface area contributed by atoms with Gasteiger partial charge in [0.1, 0.15) is 5.69 Å². The van der Waals surface area contributed by atoms with Crippen molar-refractivity contribution in [2.75, 3.05) is 27.3 Å². The van der Waals surface area contributed by atoms with Crippen LogP contribution in [0.25, 0.3) is 5.65 Å². The molecule has 1 aliphatic heterocycles. The number of halogens is 5. The van der Waals surface area contributed by atoms with E-state index >= 15 is 0 Å². The van der Waals surface area contributed by atoms with Crippen LogP contribution in [0.2, 0.25) is 0 Å². The Labute approximate surface area is 248 Å². The van der Waals surface area contributed by atoms with Crippen molar-refractivity contribution < 1.29 is 45.6 Å². The fourth-order valence-corrected chi connectivity index (χ4v) is 4.52. The SMILES string of the molecule is CC(Cc1cn2ncc(CN3CC(F)(F)CNC3=O)cc2n1)OC1(C(F)(F)F)CC1.COC.NC(=O)c1nonc1C1CC1. The van der Waals surface area contributed by atoms with E-state index in [0.29, 0.717) is 28.5 Å². The molecule has 13 nitrogen and oxygen atoms in total. The zero-order chi connectivity index (χ0) is 32.3. The molecule has 3 aliphatic rings. The first-order chi connectivity index (χ1) is 20.7. The lowest BCUT2D eigenvalue weighted by Gasteiger charge is -2.32. The number of urea groups is 1. The second-order valence-corrected chi connectivity index (χ2v) is 10.9. The largest absolute Gasteiger partial charge is 0.417 e. The van der Waals surface area contributed by atoms with Crippen molar-refractivity contribution >= 4 is 17.6 Å². The summed E-state index contributed by atoms with van der Waals surface area (Å²) in [5.74, 6) is -3.23. The molecular formula is C26H33F5N8O5. The quantitative estimate of drug-likeness (QED) is 0.355. The van der Waals surface area contributed by atoms with E-state index in [1.54, 1.807) is 33.4 Å². The van der Waals surface area contributed by atoms with Gasteiger partial charge in [-0.25, -0.2) is 27.7 Å². The van der Waals surface area contributed by atoms with Crippen LogP contribution in [0, 0.1) is 0 Å². The molecule has 1 unspecified atom stereocenters. The molecule has 1 saturated heterocycles. The summed E-state index contributed by atoms with van der Waals surface area (Å²) in [5, 5.41) is 13.3. The Balaban J connectivity index is 0.000000260. The first-order valence-corrected chi connectivity index (χ1v) is 13.7. The smallest absolute Gasteiger partial charge is 0.388 e. The summed E-state index contributed by atoms with van der Waals surface area (Å²) in [5.41, 5.74) is 5.18. The van der Waals surface area contributed by atoms with Crippen molar-refractivity contribution in [3.63, 3.8) is 0 Å². The van der Waals surface area contributed by atoms with Crippen LogP contribution in [0.5, 0.6) is 0 Å². The summed E-state index contributed by atoms with van der Waals surface area (Å²) in [4.78, 5) is 27.8. The second-order valence-electron chi connectivity index (χ2n) is 10.9. The number of hydrogen-bond donors (Lipinski definition) is 2. The van der Waals surface area contributed by atoms with Gasteiger partial charge in [0.2, 0.25) is 0 Å². The van der Waals surface area contributed by atoms with Gasteiger partial charge in [0, 0.05) is 33.1 Å². The van der Waals surface area contributed by atoms with E-state index < -0.39 is 48.8 Å². The van der Waals surface area contributed by atoms with Crippen LogP contribution >= 0.6 is 0 Å². The Kier molecular flexibility index (Phi) is 9.72. The molecular weight excluding hydrogens is 599 g/mol. The number of alkyl halides is 5. The van der Waals surface area contributed by atoms with Gasteiger partial charge >= 0.3 is 12.2 Å². The minimum absolute atomic E-state index is 0.0416. The molecule has 4 heterocycles. The number of primary amides is 1. The highest BCUT2D eigenvalue weighted by Gasteiger charge is 2.65. The van der Waals surface area contributed by atoms with Crippen molar-refractivity contribution in [3.8, 4) is 0 Å². The van der Waals surface area contributed by atoms with Crippen molar-refractivity contribution in [2.24, 2.45) is 5.73 Å². The van der Waals surface area contributed by atoms with Crippen LogP contribution in [-0.2, 0) is 22.4 Å². The normalized spacial score (nSPS) is 19.3. The molecule has 2 aliphatic carbocycles. The maximum absolute atomic E-state index is 13.5. The highest BCUT2D eigenvalue weighted by atomic mass is 19.4. The Morgan fingerprint density at radius 3 is 2.52 bits per heavy atom. The standard InChI is InChI=1S/C18H20F5N5O2.C6H7N3O2.C2H6O/c1-11(30-16(2-3-16)18(21,22)23)4-13-8-28-14(26-13)5-12(6-25-28)7-27-10-17(19,20)9-24-15(27)29;7-6(10)5-4(3-1-2-3)8-11-9-5;1-3-2/h5-6,8,11H,2-4,7,9-10H2,1H3,(H,24,29);3H,1-2H2,(H2,7,10);1-2H3. The number of hydrogen-bond acceptors (Lipinski definition) is 9. The van der Waals surface area contributed by atoms with E-state index in [0.717, 1.165) is 17.7 Å². The van der Waals surface area contributed by atoms with Crippen molar-refractivity contribution in [1.82, 2.24) is 35.1 Å². The summed E-state index contributed by atoms with van der Waals surface area (Å²) in [7, 11) is 3.25. The number of carbonyl (C=O) groups excluding carboxylic acids is 2. The van der Waals surface area contributed by atoms with Gasteiger partial charge in [-0.15, -0.1) is 0 Å². The Morgan fingerprint density at radius 2 is 1.93 bits per heavy atom. The van der Waals surface area contributed by atoms with E-state index in [1.165, 1.54) is 10.7 Å². The van der Waals surface area contributed by atoms with Crippen molar-refractivity contribution in [1.29, 1.82) is 0 Å². The minimum Gasteiger partial charge on any atom is -0.388 e. The number of carbonyl (C=O) groups is 2.